The number of hydrogen-bond donors (Lipinski definition) is 0. The molecule has 1 rings (SSSR count). The van der Waals surface area contributed by atoms with E-state index in [1.54, 1.807) is 4.90 Å². The predicted octanol–water partition coefficient (Wildman–Crippen LogP) is 3.61. The molecule has 0 aliphatic heterocycles. The highest BCUT2D eigenvalue weighted by Crippen LogP contribution is 2.06. The van der Waals surface area contributed by atoms with Crippen molar-refractivity contribution in [2.45, 2.75) is 26.8 Å². The second kappa shape index (κ2) is 8.34. The number of carbonyl (C=O) groups excluding carboxylic acids is 1. The first kappa shape index (κ1) is 14.3. The van der Waals surface area contributed by atoms with Crippen molar-refractivity contribution < 1.29 is 9.53 Å². The van der Waals surface area contributed by atoms with Gasteiger partial charge in [0.05, 0.1) is 6.61 Å². The maximum atomic E-state index is 11.9. The average Bonchev–Trinajstić information content (AvgIpc) is 2.42. The van der Waals surface area contributed by atoms with Crippen LogP contribution in [0.25, 0.3) is 0 Å². The van der Waals surface area contributed by atoms with Gasteiger partial charge in [0.1, 0.15) is 0 Å². The van der Waals surface area contributed by atoms with Crippen LogP contribution in [0.2, 0.25) is 0 Å². The normalized spacial score (nSPS) is 10.6. The maximum absolute atomic E-state index is 11.9. The minimum absolute atomic E-state index is 0.251. The number of carbonyl (C=O) groups is 1. The van der Waals surface area contributed by atoms with Crippen LogP contribution >= 0.6 is 0 Å². The largest absolute Gasteiger partial charge is 0.449 e. The van der Waals surface area contributed by atoms with Gasteiger partial charge in [-0.25, -0.2) is 4.79 Å². The van der Waals surface area contributed by atoms with E-state index in [4.69, 9.17) is 4.74 Å². The Morgan fingerprint density at radius 3 is 2.67 bits per heavy atom. The lowest BCUT2D eigenvalue weighted by Crippen LogP contribution is -2.31. The molecular formula is C15H21NO2. The molecule has 3 heteroatoms. The van der Waals surface area contributed by atoms with Crippen LogP contribution in [0.15, 0.2) is 42.5 Å². The molecule has 0 unspecified atom stereocenters. The number of amides is 1. The molecule has 0 saturated carbocycles. The lowest BCUT2D eigenvalue weighted by Gasteiger charge is -2.20. The number of benzene rings is 1. The second-order valence-electron chi connectivity index (χ2n) is 4.05. The van der Waals surface area contributed by atoms with E-state index in [-0.39, 0.29) is 6.09 Å². The number of allylic oxidation sites excluding steroid dienone is 1. The lowest BCUT2D eigenvalue weighted by atomic mass is 10.2. The Morgan fingerprint density at radius 1 is 1.33 bits per heavy atom. The van der Waals surface area contributed by atoms with Crippen LogP contribution in [0.1, 0.15) is 25.8 Å². The number of ether oxygens (including phenoxy) is 1. The SMILES string of the molecule is CC=CCN(Cc1ccccc1)C(=O)OCCC. The Morgan fingerprint density at radius 2 is 2.06 bits per heavy atom. The minimum Gasteiger partial charge on any atom is -0.449 e. The first-order valence-electron chi connectivity index (χ1n) is 6.34. The Labute approximate surface area is 109 Å². The molecule has 0 aliphatic carbocycles. The van der Waals surface area contributed by atoms with E-state index in [9.17, 15) is 4.79 Å². The molecule has 0 bridgehead atoms. The molecule has 18 heavy (non-hydrogen) atoms. The highest BCUT2D eigenvalue weighted by molar-refractivity contribution is 5.67. The highest BCUT2D eigenvalue weighted by atomic mass is 16.6. The molecule has 0 N–H and O–H groups in total. The molecule has 0 atom stereocenters. The van der Waals surface area contributed by atoms with Gasteiger partial charge in [0.15, 0.2) is 0 Å². The minimum atomic E-state index is -0.251. The van der Waals surface area contributed by atoms with E-state index in [0.29, 0.717) is 19.7 Å². The number of nitrogens with zero attached hydrogens (tertiary/aromatic N) is 1. The maximum Gasteiger partial charge on any atom is 0.410 e. The van der Waals surface area contributed by atoms with Gasteiger partial charge in [-0.1, -0.05) is 49.4 Å². The van der Waals surface area contributed by atoms with Gasteiger partial charge < -0.3 is 9.64 Å². The van der Waals surface area contributed by atoms with E-state index in [0.717, 1.165) is 12.0 Å². The molecule has 1 aromatic rings. The van der Waals surface area contributed by atoms with Gasteiger partial charge >= 0.3 is 6.09 Å². The summed E-state index contributed by atoms with van der Waals surface area (Å²) in [7, 11) is 0. The molecule has 0 radical (unpaired) electrons. The zero-order chi connectivity index (χ0) is 13.2. The van der Waals surface area contributed by atoms with Crippen LogP contribution in [0, 0.1) is 0 Å². The lowest BCUT2D eigenvalue weighted by molar-refractivity contribution is 0.104. The third-order valence-corrected chi connectivity index (χ3v) is 2.47. The van der Waals surface area contributed by atoms with Crippen LogP contribution in [-0.2, 0) is 11.3 Å². The van der Waals surface area contributed by atoms with Gasteiger partial charge in [0.2, 0.25) is 0 Å². The van der Waals surface area contributed by atoms with Crippen molar-refractivity contribution in [1.82, 2.24) is 4.90 Å². The zero-order valence-corrected chi connectivity index (χ0v) is 11.1. The summed E-state index contributed by atoms with van der Waals surface area (Å²) in [5, 5.41) is 0. The van der Waals surface area contributed by atoms with Crippen LogP contribution in [0.5, 0.6) is 0 Å². The zero-order valence-electron chi connectivity index (χ0n) is 11.1. The fourth-order valence-electron chi connectivity index (χ4n) is 1.52. The Bertz CT molecular complexity index is 373. The fourth-order valence-corrected chi connectivity index (χ4v) is 1.52. The van der Waals surface area contributed by atoms with Crippen molar-refractivity contribution in [3.8, 4) is 0 Å². The molecule has 3 nitrogen and oxygen atoms in total. The van der Waals surface area contributed by atoms with Gasteiger partial charge in [0.25, 0.3) is 0 Å². The summed E-state index contributed by atoms with van der Waals surface area (Å²) in [6, 6.07) is 9.93. The predicted molar refractivity (Wildman–Crippen MR) is 73.3 cm³/mol. The van der Waals surface area contributed by atoms with Crippen LogP contribution in [-0.4, -0.2) is 24.1 Å². The van der Waals surface area contributed by atoms with E-state index in [1.807, 2.05) is 56.3 Å². The van der Waals surface area contributed by atoms with E-state index in [2.05, 4.69) is 0 Å². The Balaban J connectivity index is 2.63. The number of rotatable bonds is 6. The van der Waals surface area contributed by atoms with Gasteiger partial charge in [-0.15, -0.1) is 0 Å². The van der Waals surface area contributed by atoms with E-state index in [1.165, 1.54) is 0 Å². The molecule has 0 aromatic heterocycles. The highest BCUT2D eigenvalue weighted by Gasteiger charge is 2.13. The average molecular weight is 247 g/mol. The summed E-state index contributed by atoms with van der Waals surface area (Å²) in [5.41, 5.74) is 1.11. The third kappa shape index (κ3) is 5.04. The standard InChI is InChI=1S/C15H21NO2/c1-3-5-11-16(15(17)18-12-4-2)13-14-9-7-6-8-10-14/h3,5-10H,4,11-13H2,1-2H3. The summed E-state index contributed by atoms with van der Waals surface area (Å²) >= 11 is 0. The van der Waals surface area contributed by atoms with E-state index < -0.39 is 0 Å². The molecule has 98 valence electrons. The second-order valence-corrected chi connectivity index (χ2v) is 4.05. The smallest absolute Gasteiger partial charge is 0.410 e. The monoisotopic (exact) mass is 247 g/mol. The van der Waals surface area contributed by atoms with E-state index >= 15 is 0 Å². The molecule has 1 amide bonds. The summed E-state index contributed by atoms with van der Waals surface area (Å²) in [6.07, 6.45) is 4.48. The van der Waals surface area contributed by atoms with Crippen molar-refractivity contribution in [3.05, 3.63) is 48.0 Å². The molecule has 0 heterocycles. The Kier molecular flexibility index (Phi) is 6.62. The van der Waals surface area contributed by atoms with Crippen molar-refractivity contribution in [2.24, 2.45) is 0 Å². The molecule has 1 aromatic carbocycles. The quantitative estimate of drug-likeness (QED) is 0.719. The molecule has 0 fully saturated rings. The van der Waals surface area contributed by atoms with Crippen molar-refractivity contribution >= 4 is 6.09 Å². The summed E-state index contributed by atoms with van der Waals surface area (Å²) < 4.78 is 5.18. The Hall–Kier alpha value is -1.77. The molecule has 0 spiro atoms. The van der Waals surface area contributed by atoms with Crippen LogP contribution in [0.4, 0.5) is 4.79 Å². The summed E-state index contributed by atoms with van der Waals surface area (Å²) in [6.45, 7) is 5.56. The molecular weight excluding hydrogens is 226 g/mol. The third-order valence-electron chi connectivity index (χ3n) is 2.47. The van der Waals surface area contributed by atoms with Crippen molar-refractivity contribution in [2.75, 3.05) is 13.2 Å². The number of hydrogen-bond acceptors (Lipinski definition) is 2. The first-order chi connectivity index (χ1) is 8.77. The molecule has 0 saturated heterocycles. The van der Waals surface area contributed by atoms with Crippen LogP contribution in [0.3, 0.4) is 0 Å². The van der Waals surface area contributed by atoms with Crippen LogP contribution < -0.4 is 0 Å². The first-order valence-corrected chi connectivity index (χ1v) is 6.34. The van der Waals surface area contributed by atoms with Crippen molar-refractivity contribution in [1.29, 1.82) is 0 Å². The van der Waals surface area contributed by atoms with Gasteiger partial charge in [-0.2, -0.15) is 0 Å². The summed E-state index contributed by atoms with van der Waals surface area (Å²) in [4.78, 5) is 13.6. The topological polar surface area (TPSA) is 29.5 Å². The van der Waals surface area contributed by atoms with Gasteiger partial charge in [-0.3, -0.25) is 0 Å². The van der Waals surface area contributed by atoms with Crippen molar-refractivity contribution in [3.63, 3.8) is 0 Å². The fraction of sp³-hybridized carbons (Fsp3) is 0.400. The van der Waals surface area contributed by atoms with Gasteiger partial charge in [-0.05, 0) is 18.9 Å². The summed E-state index contributed by atoms with van der Waals surface area (Å²) in [5.74, 6) is 0. The molecule has 0 aliphatic rings. The van der Waals surface area contributed by atoms with Gasteiger partial charge in [0, 0.05) is 13.1 Å².